The SMILES string of the molecule is O=P([O-])([O-])Oc1c[nH]c2ccc(Br)c(Cl)c12. The lowest BCUT2D eigenvalue weighted by molar-refractivity contribution is -0.333. The zero-order valence-electron chi connectivity index (χ0n) is 7.57. The molecule has 0 unspecified atom stereocenters. The number of H-pyrrole nitrogens is 1. The average molecular weight is 324 g/mol. The third kappa shape index (κ3) is 2.26. The Labute approximate surface area is 104 Å². The number of aromatic nitrogens is 1. The van der Waals surface area contributed by atoms with Crippen molar-refractivity contribution in [3.63, 3.8) is 0 Å². The third-order valence-electron chi connectivity index (χ3n) is 1.91. The van der Waals surface area contributed by atoms with Crippen LogP contribution in [0.4, 0.5) is 0 Å². The first-order valence-corrected chi connectivity index (χ1v) is 6.68. The van der Waals surface area contributed by atoms with Gasteiger partial charge in [0.15, 0.2) is 5.75 Å². The van der Waals surface area contributed by atoms with Gasteiger partial charge in [-0.15, -0.1) is 0 Å². The molecule has 2 aromatic rings. The molecule has 2 rings (SSSR count). The van der Waals surface area contributed by atoms with Gasteiger partial charge in [-0.1, -0.05) is 11.6 Å². The summed E-state index contributed by atoms with van der Waals surface area (Å²) in [6.07, 6.45) is 1.27. The Bertz CT molecular complexity index is 593. The first-order chi connectivity index (χ1) is 7.38. The Morgan fingerprint density at radius 3 is 2.75 bits per heavy atom. The van der Waals surface area contributed by atoms with Gasteiger partial charge in [-0.2, -0.15) is 0 Å². The maximum atomic E-state index is 10.5. The number of phosphoric ester groups is 1. The minimum atomic E-state index is -5.09. The Morgan fingerprint density at radius 1 is 1.44 bits per heavy atom. The summed E-state index contributed by atoms with van der Waals surface area (Å²) in [7, 11) is -5.09. The molecule has 1 aromatic carbocycles. The second-order valence-electron chi connectivity index (χ2n) is 2.98. The fraction of sp³-hybridized carbons (Fsp3) is 0. The van der Waals surface area contributed by atoms with Crippen molar-refractivity contribution in [2.24, 2.45) is 0 Å². The van der Waals surface area contributed by atoms with E-state index in [1.54, 1.807) is 12.1 Å². The van der Waals surface area contributed by atoms with Crippen molar-refractivity contribution < 1.29 is 18.9 Å². The molecule has 86 valence electrons. The molecule has 0 atom stereocenters. The van der Waals surface area contributed by atoms with Gasteiger partial charge in [0.25, 0.3) is 0 Å². The largest absolute Gasteiger partial charge is 0.780 e. The monoisotopic (exact) mass is 323 g/mol. The maximum Gasteiger partial charge on any atom is 0.151 e. The summed E-state index contributed by atoms with van der Waals surface area (Å²) in [4.78, 5) is 23.8. The van der Waals surface area contributed by atoms with Crippen molar-refractivity contribution in [1.82, 2.24) is 4.98 Å². The molecule has 1 heterocycles. The molecule has 0 aliphatic heterocycles. The first-order valence-electron chi connectivity index (χ1n) is 4.05. The summed E-state index contributed by atoms with van der Waals surface area (Å²) < 4.78 is 15.4. The van der Waals surface area contributed by atoms with Gasteiger partial charge in [0.1, 0.15) is 7.82 Å². The molecule has 1 aromatic heterocycles. The molecule has 8 heteroatoms. The second kappa shape index (κ2) is 4.05. The van der Waals surface area contributed by atoms with E-state index < -0.39 is 7.82 Å². The number of aromatic amines is 1. The molecule has 0 aliphatic rings. The lowest BCUT2D eigenvalue weighted by Crippen LogP contribution is -2.18. The summed E-state index contributed by atoms with van der Waals surface area (Å²) in [5.74, 6) is -0.102. The van der Waals surface area contributed by atoms with Crippen LogP contribution in [0.5, 0.6) is 5.75 Å². The fourth-order valence-corrected chi connectivity index (χ4v) is 2.29. The van der Waals surface area contributed by atoms with Crippen LogP contribution in [0.1, 0.15) is 0 Å². The zero-order valence-corrected chi connectivity index (χ0v) is 10.8. The molecule has 5 nitrogen and oxygen atoms in total. The molecule has 0 spiro atoms. The minimum Gasteiger partial charge on any atom is -0.780 e. The van der Waals surface area contributed by atoms with Crippen molar-refractivity contribution in [2.75, 3.05) is 0 Å². The van der Waals surface area contributed by atoms with Crippen LogP contribution in [0.3, 0.4) is 0 Å². The normalized spacial score (nSPS) is 12.0. The lowest BCUT2D eigenvalue weighted by atomic mass is 10.2. The zero-order chi connectivity index (χ0) is 11.9. The summed E-state index contributed by atoms with van der Waals surface area (Å²) in [5, 5.41) is 0.630. The van der Waals surface area contributed by atoms with Crippen molar-refractivity contribution >= 4 is 46.3 Å². The van der Waals surface area contributed by atoms with Crippen LogP contribution < -0.4 is 14.3 Å². The molecule has 16 heavy (non-hydrogen) atoms. The van der Waals surface area contributed by atoms with Crippen molar-refractivity contribution in [3.05, 3.63) is 27.8 Å². The van der Waals surface area contributed by atoms with Crippen molar-refractivity contribution in [1.29, 1.82) is 0 Å². The van der Waals surface area contributed by atoms with E-state index in [0.717, 1.165) is 0 Å². The van der Waals surface area contributed by atoms with Gasteiger partial charge in [-0.25, -0.2) is 0 Å². The molecule has 0 aliphatic carbocycles. The molecule has 0 saturated carbocycles. The number of hydrogen-bond acceptors (Lipinski definition) is 4. The van der Waals surface area contributed by atoms with E-state index >= 15 is 0 Å². The molecule has 0 fully saturated rings. The van der Waals surface area contributed by atoms with Gasteiger partial charge in [0, 0.05) is 10.7 Å². The fourth-order valence-electron chi connectivity index (χ4n) is 1.32. The Hall–Kier alpha value is -0.520. The molecule has 1 N–H and O–H groups in total. The summed E-state index contributed by atoms with van der Waals surface area (Å²) in [6.45, 7) is 0. The van der Waals surface area contributed by atoms with Crippen LogP contribution in [-0.4, -0.2) is 4.98 Å². The molecular weight excluding hydrogens is 320 g/mol. The van der Waals surface area contributed by atoms with Gasteiger partial charge in [-0.3, -0.25) is 0 Å². The number of hydrogen-bond donors (Lipinski definition) is 1. The number of rotatable bonds is 2. The van der Waals surface area contributed by atoms with Crippen LogP contribution in [-0.2, 0) is 4.57 Å². The van der Waals surface area contributed by atoms with E-state index in [1.807, 2.05) is 0 Å². The molecule has 0 amide bonds. The Kier molecular flexibility index (Phi) is 3.03. The third-order valence-corrected chi connectivity index (χ3v) is 3.61. The quantitative estimate of drug-likeness (QED) is 0.853. The van der Waals surface area contributed by atoms with E-state index in [0.29, 0.717) is 15.4 Å². The van der Waals surface area contributed by atoms with Crippen molar-refractivity contribution in [2.45, 2.75) is 0 Å². The number of nitrogens with one attached hydrogen (secondary N) is 1. The number of fused-ring (bicyclic) bond motifs is 1. The van der Waals surface area contributed by atoms with Crippen LogP contribution in [0, 0.1) is 0 Å². The van der Waals surface area contributed by atoms with Crippen LogP contribution in [0.25, 0.3) is 10.9 Å². The Morgan fingerprint density at radius 2 is 2.12 bits per heavy atom. The molecule has 0 bridgehead atoms. The van der Waals surface area contributed by atoms with Crippen molar-refractivity contribution in [3.8, 4) is 5.75 Å². The van der Waals surface area contributed by atoms with Crippen LogP contribution in [0.15, 0.2) is 22.8 Å². The number of phosphoric acid groups is 1. The van der Waals surface area contributed by atoms with Gasteiger partial charge >= 0.3 is 0 Å². The number of halogens is 2. The topological polar surface area (TPSA) is 88.2 Å². The number of benzene rings is 1. The van der Waals surface area contributed by atoms with E-state index in [4.69, 9.17) is 11.6 Å². The lowest BCUT2D eigenvalue weighted by Gasteiger charge is -2.28. The van der Waals surface area contributed by atoms with E-state index in [9.17, 15) is 14.4 Å². The molecule has 0 saturated heterocycles. The smallest absolute Gasteiger partial charge is 0.151 e. The van der Waals surface area contributed by atoms with Gasteiger partial charge < -0.3 is 23.9 Å². The highest BCUT2D eigenvalue weighted by molar-refractivity contribution is 9.10. The highest BCUT2D eigenvalue weighted by Gasteiger charge is 2.12. The highest BCUT2D eigenvalue weighted by Crippen LogP contribution is 2.40. The summed E-state index contributed by atoms with van der Waals surface area (Å²) in [5.41, 5.74) is 0.580. The van der Waals surface area contributed by atoms with E-state index in [1.165, 1.54) is 6.20 Å². The predicted molar refractivity (Wildman–Crippen MR) is 59.2 cm³/mol. The second-order valence-corrected chi connectivity index (χ2v) is 5.28. The molecule has 0 radical (unpaired) electrons. The Balaban J connectivity index is 2.63. The maximum absolute atomic E-state index is 10.5. The van der Waals surface area contributed by atoms with E-state index in [2.05, 4.69) is 25.4 Å². The van der Waals surface area contributed by atoms with Gasteiger partial charge in [0.2, 0.25) is 0 Å². The average Bonchev–Trinajstić information content (AvgIpc) is 2.53. The van der Waals surface area contributed by atoms with Crippen LogP contribution >= 0.6 is 35.4 Å². The first kappa shape index (κ1) is 12.0. The summed E-state index contributed by atoms with van der Waals surface area (Å²) >= 11 is 9.15. The predicted octanol–water partition coefficient (Wildman–Crippen LogP) is 1.79. The van der Waals surface area contributed by atoms with Gasteiger partial charge in [-0.05, 0) is 28.1 Å². The van der Waals surface area contributed by atoms with Gasteiger partial charge in [0.05, 0.1) is 15.9 Å². The van der Waals surface area contributed by atoms with E-state index in [-0.39, 0.29) is 10.8 Å². The minimum absolute atomic E-state index is 0.102. The molecular formula is C8H4BrClNO4P-2. The summed E-state index contributed by atoms with van der Waals surface area (Å²) in [6, 6.07) is 3.37. The standard InChI is InChI=1S/C8H6BrClNO4P/c9-4-1-2-5-7(8(4)10)6(3-11-5)15-16(12,13)14/h1-3,11H,(H2,12,13,14)/p-2. The van der Waals surface area contributed by atoms with Crippen LogP contribution in [0.2, 0.25) is 5.02 Å². The highest BCUT2D eigenvalue weighted by atomic mass is 79.9.